The molecule has 18 heavy (non-hydrogen) atoms. The molecule has 0 fully saturated rings. The molecule has 1 aromatic carbocycles. The molecule has 0 heterocycles. The number of carbonyl (C=O) groups is 1. The molecular formula is C13H18BrNO3. The normalized spacial score (nSPS) is 11.2. The summed E-state index contributed by atoms with van der Waals surface area (Å²) < 4.78 is 6.26. The molecule has 1 rings (SSSR count). The smallest absolute Gasteiger partial charge is 0.258 e. The van der Waals surface area contributed by atoms with Crippen LogP contribution in [0.1, 0.15) is 26.3 Å². The maximum absolute atomic E-state index is 11.6. The Kier molecular flexibility index (Phi) is 5.16. The van der Waals surface area contributed by atoms with Crippen LogP contribution in [-0.4, -0.2) is 23.2 Å². The van der Waals surface area contributed by atoms with Gasteiger partial charge in [-0.15, -0.1) is 0 Å². The molecule has 0 bridgehead atoms. The second-order valence-corrected chi connectivity index (χ2v) is 5.91. The lowest BCUT2D eigenvalue weighted by Gasteiger charge is -2.20. The zero-order valence-electron chi connectivity index (χ0n) is 10.8. The predicted molar refractivity (Wildman–Crippen MR) is 73.5 cm³/mol. The maximum atomic E-state index is 11.6. The summed E-state index contributed by atoms with van der Waals surface area (Å²) >= 11 is 3.31. The van der Waals surface area contributed by atoms with Crippen molar-refractivity contribution in [2.24, 2.45) is 0 Å². The van der Waals surface area contributed by atoms with E-state index in [1.54, 1.807) is 18.2 Å². The molecule has 2 N–H and O–H groups in total. The van der Waals surface area contributed by atoms with Crippen LogP contribution in [0.3, 0.4) is 0 Å². The fourth-order valence-electron chi connectivity index (χ4n) is 1.41. The Labute approximate surface area is 115 Å². The van der Waals surface area contributed by atoms with E-state index in [1.807, 2.05) is 20.8 Å². The van der Waals surface area contributed by atoms with E-state index >= 15 is 0 Å². The molecule has 4 nitrogen and oxygen atoms in total. The number of hydrogen-bond donors (Lipinski definition) is 2. The molecule has 0 saturated heterocycles. The SMILES string of the molecule is CC(C)(C)NC(=O)COc1ccc(Br)cc1CO. The number of ether oxygens (including phenoxy) is 1. The van der Waals surface area contributed by atoms with Crippen LogP contribution in [0.25, 0.3) is 0 Å². The van der Waals surface area contributed by atoms with Crippen molar-refractivity contribution in [2.75, 3.05) is 6.61 Å². The monoisotopic (exact) mass is 315 g/mol. The van der Waals surface area contributed by atoms with Gasteiger partial charge in [-0.05, 0) is 39.0 Å². The Bertz CT molecular complexity index is 427. The van der Waals surface area contributed by atoms with E-state index in [0.29, 0.717) is 11.3 Å². The fraction of sp³-hybridized carbons (Fsp3) is 0.462. The largest absolute Gasteiger partial charge is 0.483 e. The highest BCUT2D eigenvalue weighted by Gasteiger charge is 2.14. The molecule has 0 aromatic heterocycles. The first kappa shape index (κ1) is 15.0. The lowest BCUT2D eigenvalue weighted by atomic mass is 10.1. The third-order valence-corrected chi connectivity index (χ3v) is 2.56. The standard InChI is InChI=1S/C13H18BrNO3/c1-13(2,3)15-12(17)8-18-11-5-4-10(14)6-9(11)7-16/h4-6,16H,7-8H2,1-3H3,(H,15,17). The molecule has 0 atom stereocenters. The molecule has 0 aliphatic rings. The number of hydrogen-bond acceptors (Lipinski definition) is 3. The van der Waals surface area contributed by atoms with Crippen LogP contribution in [0.2, 0.25) is 0 Å². The van der Waals surface area contributed by atoms with Gasteiger partial charge in [-0.2, -0.15) is 0 Å². The second-order valence-electron chi connectivity index (χ2n) is 5.00. The van der Waals surface area contributed by atoms with Gasteiger partial charge in [0.05, 0.1) is 6.61 Å². The lowest BCUT2D eigenvalue weighted by Crippen LogP contribution is -2.43. The van der Waals surface area contributed by atoms with Gasteiger partial charge in [-0.3, -0.25) is 4.79 Å². The first-order chi connectivity index (χ1) is 8.31. The van der Waals surface area contributed by atoms with Crippen molar-refractivity contribution in [1.82, 2.24) is 5.32 Å². The third kappa shape index (κ3) is 5.06. The zero-order chi connectivity index (χ0) is 13.8. The van der Waals surface area contributed by atoms with Crippen LogP contribution in [0.15, 0.2) is 22.7 Å². The van der Waals surface area contributed by atoms with Gasteiger partial charge >= 0.3 is 0 Å². The van der Waals surface area contributed by atoms with Crippen molar-refractivity contribution >= 4 is 21.8 Å². The van der Waals surface area contributed by atoms with Gasteiger partial charge in [-0.25, -0.2) is 0 Å². The average Bonchev–Trinajstić information content (AvgIpc) is 2.24. The topological polar surface area (TPSA) is 58.6 Å². The van der Waals surface area contributed by atoms with E-state index in [4.69, 9.17) is 4.74 Å². The van der Waals surface area contributed by atoms with Crippen LogP contribution >= 0.6 is 15.9 Å². The molecule has 1 aromatic rings. The van der Waals surface area contributed by atoms with E-state index in [2.05, 4.69) is 21.2 Å². The summed E-state index contributed by atoms with van der Waals surface area (Å²) in [6.07, 6.45) is 0. The molecular weight excluding hydrogens is 298 g/mol. The first-order valence-corrected chi connectivity index (χ1v) is 6.44. The Balaban J connectivity index is 2.61. The van der Waals surface area contributed by atoms with E-state index in [1.165, 1.54) is 0 Å². The summed E-state index contributed by atoms with van der Waals surface area (Å²) in [7, 11) is 0. The number of benzene rings is 1. The highest BCUT2D eigenvalue weighted by molar-refractivity contribution is 9.10. The molecule has 1 amide bonds. The fourth-order valence-corrected chi connectivity index (χ4v) is 1.82. The highest BCUT2D eigenvalue weighted by Crippen LogP contribution is 2.23. The van der Waals surface area contributed by atoms with Gasteiger partial charge in [0.15, 0.2) is 6.61 Å². The number of aliphatic hydroxyl groups is 1. The summed E-state index contributed by atoms with van der Waals surface area (Å²) in [5.74, 6) is 0.332. The van der Waals surface area contributed by atoms with Crippen molar-refractivity contribution in [3.05, 3.63) is 28.2 Å². The Morgan fingerprint density at radius 2 is 2.11 bits per heavy atom. The van der Waals surface area contributed by atoms with Crippen LogP contribution in [-0.2, 0) is 11.4 Å². The quantitative estimate of drug-likeness (QED) is 0.895. The minimum absolute atomic E-state index is 0.0636. The summed E-state index contributed by atoms with van der Waals surface area (Å²) in [6.45, 7) is 5.53. The van der Waals surface area contributed by atoms with Crippen LogP contribution < -0.4 is 10.1 Å². The highest BCUT2D eigenvalue weighted by atomic mass is 79.9. The minimum Gasteiger partial charge on any atom is -0.483 e. The molecule has 0 aliphatic heterocycles. The van der Waals surface area contributed by atoms with E-state index in [9.17, 15) is 9.90 Å². The van der Waals surface area contributed by atoms with Gasteiger partial charge in [0.25, 0.3) is 5.91 Å². The van der Waals surface area contributed by atoms with E-state index < -0.39 is 0 Å². The van der Waals surface area contributed by atoms with Gasteiger partial charge < -0.3 is 15.2 Å². The lowest BCUT2D eigenvalue weighted by molar-refractivity contribution is -0.124. The summed E-state index contributed by atoms with van der Waals surface area (Å²) in [5.41, 5.74) is 0.368. The molecule has 0 aliphatic carbocycles. The zero-order valence-corrected chi connectivity index (χ0v) is 12.4. The molecule has 100 valence electrons. The number of amides is 1. The third-order valence-electron chi connectivity index (χ3n) is 2.07. The van der Waals surface area contributed by atoms with Gasteiger partial charge in [0.2, 0.25) is 0 Å². The Morgan fingerprint density at radius 1 is 1.44 bits per heavy atom. The number of aliphatic hydroxyl groups excluding tert-OH is 1. The van der Waals surface area contributed by atoms with Crippen molar-refractivity contribution in [2.45, 2.75) is 32.9 Å². The Morgan fingerprint density at radius 3 is 2.67 bits per heavy atom. The summed E-state index contributed by atoms with van der Waals surface area (Å²) in [4.78, 5) is 11.6. The van der Waals surface area contributed by atoms with E-state index in [0.717, 1.165) is 4.47 Å². The van der Waals surface area contributed by atoms with Crippen LogP contribution in [0.5, 0.6) is 5.75 Å². The second kappa shape index (κ2) is 6.20. The molecule has 0 unspecified atom stereocenters. The number of rotatable bonds is 4. The molecule has 5 heteroatoms. The average molecular weight is 316 g/mol. The van der Waals surface area contributed by atoms with Gasteiger partial charge in [-0.1, -0.05) is 15.9 Å². The number of halogens is 1. The Hall–Kier alpha value is -1.07. The van der Waals surface area contributed by atoms with Crippen LogP contribution in [0.4, 0.5) is 0 Å². The van der Waals surface area contributed by atoms with E-state index in [-0.39, 0.29) is 24.7 Å². The summed E-state index contributed by atoms with van der Waals surface area (Å²) in [5, 5.41) is 12.0. The van der Waals surface area contributed by atoms with Gasteiger partial charge in [0, 0.05) is 15.6 Å². The maximum Gasteiger partial charge on any atom is 0.258 e. The summed E-state index contributed by atoms with van der Waals surface area (Å²) in [6, 6.07) is 5.28. The molecule has 0 saturated carbocycles. The molecule has 0 spiro atoms. The number of nitrogens with one attached hydrogen (secondary N) is 1. The van der Waals surface area contributed by atoms with Gasteiger partial charge in [0.1, 0.15) is 5.75 Å². The van der Waals surface area contributed by atoms with Crippen molar-refractivity contribution < 1.29 is 14.6 Å². The predicted octanol–water partition coefficient (Wildman–Crippen LogP) is 2.23. The minimum atomic E-state index is -0.278. The van der Waals surface area contributed by atoms with Crippen molar-refractivity contribution in [1.29, 1.82) is 0 Å². The van der Waals surface area contributed by atoms with Crippen LogP contribution in [0, 0.1) is 0 Å². The van der Waals surface area contributed by atoms with Crippen molar-refractivity contribution in [3.63, 3.8) is 0 Å². The van der Waals surface area contributed by atoms with Crippen molar-refractivity contribution in [3.8, 4) is 5.75 Å². The molecule has 0 radical (unpaired) electrons. The first-order valence-electron chi connectivity index (χ1n) is 5.65. The number of carbonyl (C=O) groups excluding carboxylic acids is 1.